The maximum absolute atomic E-state index is 12.3. The summed E-state index contributed by atoms with van der Waals surface area (Å²) in [5.41, 5.74) is 0.642. The van der Waals surface area contributed by atoms with Crippen LogP contribution in [0.2, 0.25) is 10.0 Å². The van der Waals surface area contributed by atoms with Gasteiger partial charge in [-0.1, -0.05) is 35.3 Å². The summed E-state index contributed by atoms with van der Waals surface area (Å²) >= 11 is 11.7. The molecule has 4 nitrogen and oxygen atoms in total. The molecule has 2 aromatic rings. The van der Waals surface area contributed by atoms with Gasteiger partial charge >= 0.3 is 0 Å². The molecule has 2 N–H and O–H groups in total. The van der Waals surface area contributed by atoms with Crippen LogP contribution in [0.1, 0.15) is 5.56 Å². The number of para-hydroxylation sites is 1. The molecule has 0 aliphatic heterocycles. The van der Waals surface area contributed by atoms with Crippen LogP contribution in [0.3, 0.4) is 0 Å². The van der Waals surface area contributed by atoms with E-state index in [0.717, 1.165) is 0 Å². The van der Waals surface area contributed by atoms with Gasteiger partial charge in [-0.15, -0.1) is 0 Å². The van der Waals surface area contributed by atoms with Crippen LogP contribution in [0.25, 0.3) is 0 Å². The highest BCUT2D eigenvalue weighted by molar-refractivity contribution is 7.92. The molecule has 7 heteroatoms. The van der Waals surface area contributed by atoms with Crippen LogP contribution in [0.15, 0.2) is 41.3 Å². The summed E-state index contributed by atoms with van der Waals surface area (Å²) in [5, 5.41) is 10.1. The minimum Gasteiger partial charge on any atom is -0.505 e. The van der Waals surface area contributed by atoms with Gasteiger partial charge in [-0.05, 0) is 36.8 Å². The second kappa shape index (κ2) is 5.52. The lowest BCUT2D eigenvalue weighted by atomic mass is 10.2. The zero-order valence-corrected chi connectivity index (χ0v) is 12.7. The smallest absolute Gasteiger partial charge is 0.263 e. The fourth-order valence-electron chi connectivity index (χ4n) is 1.62. The molecule has 0 aromatic heterocycles. The molecule has 106 valence electrons. The monoisotopic (exact) mass is 331 g/mol. The zero-order chi connectivity index (χ0) is 14.9. The van der Waals surface area contributed by atoms with Gasteiger partial charge in [0.15, 0.2) is 0 Å². The topological polar surface area (TPSA) is 66.4 Å². The van der Waals surface area contributed by atoms with Crippen molar-refractivity contribution in [2.75, 3.05) is 4.72 Å². The minimum absolute atomic E-state index is 0.0500. The van der Waals surface area contributed by atoms with E-state index in [-0.39, 0.29) is 26.4 Å². The molecule has 0 saturated heterocycles. The van der Waals surface area contributed by atoms with Crippen LogP contribution in [0.5, 0.6) is 5.75 Å². The van der Waals surface area contributed by atoms with Gasteiger partial charge in [0.2, 0.25) is 0 Å². The first-order chi connectivity index (χ1) is 9.31. The van der Waals surface area contributed by atoms with Gasteiger partial charge in [0.25, 0.3) is 10.0 Å². The van der Waals surface area contributed by atoms with E-state index in [1.807, 2.05) is 0 Å². The minimum atomic E-state index is -3.93. The first-order valence-corrected chi connectivity index (χ1v) is 7.81. The normalized spacial score (nSPS) is 11.3. The Kier molecular flexibility index (Phi) is 4.13. The molecule has 2 rings (SSSR count). The van der Waals surface area contributed by atoms with E-state index in [1.54, 1.807) is 19.1 Å². The van der Waals surface area contributed by atoms with Crippen LogP contribution in [-0.4, -0.2) is 13.5 Å². The summed E-state index contributed by atoms with van der Waals surface area (Å²) in [6.45, 7) is 1.67. The van der Waals surface area contributed by atoms with E-state index in [4.69, 9.17) is 23.2 Å². The Balaban J connectivity index is 2.46. The largest absolute Gasteiger partial charge is 0.505 e. The van der Waals surface area contributed by atoms with Crippen molar-refractivity contribution in [3.8, 4) is 5.75 Å². The molecule has 2 aromatic carbocycles. The lowest BCUT2D eigenvalue weighted by molar-refractivity contribution is 0.473. The van der Waals surface area contributed by atoms with Crippen molar-refractivity contribution in [2.24, 2.45) is 0 Å². The molecule has 0 heterocycles. The number of hydrogen-bond acceptors (Lipinski definition) is 3. The number of benzene rings is 2. The number of phenols is 1. The standard InChI is InChI=1S/C13H11Cl2NO3S/c1-8-3-2-4-11(13(8)17)16-20(18,19)12-7-9(14)5-6-10(12)15/h2-7,16-17H,1H3. The molecule has 0 amide bonds. The van der Waals surface area contributed by atoms with E-state index in [2.05, 4.69) is 4.72 Å². The molecular formula is C13H11Cl2NO3S. The SMILES string of the molecule is Cc1cccc(NS(=O)(=O)c2cc(Cl)ccc2Cl)c1O. The van der Waals surface area contributed by atoms with E-state index in [0.29, 0.717) is 5.56 Å². The molecule has 20 heavy (non-hydrogen) atoms. The average molecular weight is 332 g/mol. The fraction of sp³-hybridized carbons (Fsp3) is 0.0769. The van der Waals surface area contributed by atoms with E-state index in [1.165, 1.54) is 24.3 Å². The van der Waals surface area contributed by atoms with Gasteiger partial charge in [0, 0.05) is 5.02 Å². The lowest BCUT2D eigenvalue weighted by Gasteiger charge is -2.12. The van der Waals surface area contributed by atoms with Crippen LogP contribution in [-0.2, 0) is 10.0 Å². The van der Waals surface area contributed by atoms with Crippen molar-refractivity contribution in [1.82, 2.24) is 0 Å². The molecule has 0 saturated carbocycles. The molecule has 0 unspecified atom stereocenters. The number of hydrogen-bond donors (Lipinski definition) is 2. The van der Waals surface area contributed by atoms with Crippen LogP contribution in [0, 0.1) is 6.92 Å². The Morgan fingerprint density at radius 3 is 2.55 bits per heavy atom. The predicted octanol–water partition coefficient (Wildman–Crippen LogP) is 3.81. The van der Waals surface area contributed by atoms with Gasteiger partial charge in [-0.2, -0.15) is 0 Å². The summed E-state index contributed by atoms with van der Waals surface area (Å²) < 4.78 is 26.8. The summed E-state index contributed by atoms with van der Waals surface area (Å²) in [5.74, 6) is -0.130. The van der Waals surface area contributed by atoms with Gasteiger partial charge < -0.3 is 5.11 Å². The maximum atomic E-state index is 12.3. The number of anilines is 1. The molecule has 0 spiro atoms. The summed E-state index contributed by atoms with van der Waals surface area (Å²) in [4.78, 5) is -0.146. The van der Waals surface area contributed by atoms with Gasteiger partial charge in [-0.3, -0.25) is 4.72 Å². The van der Waals surface area contributed by atoms with Gasteiger partial charge in [-0.25, -0.2) is 8.42 Å². The quantitative estimate of drug-likeness (QED) is 0.840. The van der Waals surface area contributed by atoms with Crippen molar-refractivity contribution < 1.29 is 13.5 Å². The highest BCUT2D eigenvalue weighted by atomic mass is 35.5. The van der Waals surface area contributed by atoms with Gasteiger partial charge in [0.05, 0.1) is 10.7 Å². The molecule has 0 aliphatic carbocycles. The number of halogens is 2. The second-order valence-corrected chi connectivity index (χ2v) is 6.65. The van der Waals surface area contributed by atoms with Crippen molar-refractivity contribution in [3.05, 3.63) is 52.0 Å². The van der Waals surface area contributed by atoms with E-state index in [9.17, 15) is 13.5 Å². The van der Waals surface area contributed by atoms with Crippen LogP contribution in [0.4, 0.5) is 5.69 Å². The van der Waals surface area contributed by atoms with Crippen molar-refractivity contribution in [2.45, 2.75) is 11.8 Å². The molecule has 0 atom stereocenters. The molecule has 0 fully saturated rings. The maximum Gasteiger partial charge on any atom is 0.263 e. The number of nitrogens with one attached hydrogen (secondary N) is 1. The first-order valence-electron chi connectivity index (χ1n) is 5.58. The zero-order valence-electron chi connectivity index (χ0n) is 10.4. The molecule has 0 aliphatic rings. The fourth-order valence-corrected chi connectivity index (χ4v) is 3.45. The number of sulfonamides is 1. The highest BCUT2D eigenvalue weighted by Gasteiger charge is 2.20. The third-order valence-corrected chi connectivity index (χ3v) is 4.75. The number of rotatable bonds is 3. The second-order valence-electron chi connectivity index (χ2n) is 4.15. The molecule has 0 radical (unpaired) electrons. The third kappa shape index (κ3) is 3.00. The third-order valence-electron chi connectivity index (χ3n) is 2.66. The van der Waals surface area contributed by atoms with E-state index < -0.39 is 10.0 Å². The Labute approximate surface area is 127 Å². The van der Waals surface area contributed by atoms with Crippen molar-refractivity contribution in [3.63, 3.8) is 0 Å². The lowest BCUT2D eigenvalue weighted by Crippen LogP contribution is -2.13. The summed E-state index contributed by atoms with van der Waals surface area (Å²) in [6, 6.07) is 8.89. The van der Waals surface area contributed by atoms with Crippen molar-refractivity contribution >= 4 is 38.9 Å². The van der Waals surface area contributed by atoms with Crippen LogP contribution >= 0.6 is 23.2 Å². The number of aryl methyl sites for hydroxylation is 1. The Morgan fingerprint density at radius 1 is 1.15 bits per heavy atom. The van der Waals surface area contributed by atoms with Crippen molar-refractivity contribution in [1.29, 1.82) is 0 Å². The number of phenolic OH excluding ortho intramolecular Hbond substituents is 1. The van der Waals surface area contributed by atoms with Gasteiger partial charge in [0.1, 0.15) is 10.6 Å². The predicted molar refractivity (Wildman–Crippen MR) is 80.1 cm³/mol. The molecular weight excluding hydrogens is 321 g/mol. The Bertz CT molecular complexity index is 760. The highest BCUT2D eigenvalue weighted by Crippen LogP contribution is 2.31. The summed E-state index contributed by atoms with van der Waals surface area (Å²) in [7, 11) is -3.93. The summed E-state index contributed by atoms with van der Waals surface area (Å²) in [6.07, 6.45) is 0. The molecule has 0 bridgehead atoms. The van der Waals surface area contributed by atoms with E-state index >= 15 is 0 Å². The number of aromatic hydroxyl groups is 1. The Morgan fingerprint density at radius 2 is 1.85 bits per heavy atom. The first kappa shape index (κ1) is 15.0. The Hall–Kier alpha value is -1.43. The van der Waals surface area contributed by atoms with Crippen LogP contribution < -0.4 is 4.72 Å². The average Bonchev–Trinajstić information content (AvgIpc) is 2.37.